The van der Waals surface area contributed by atoms with Crippen LogP contribution >= 0.6 is 0 Å². The quantitative estimate of drug-likeness (QED) is 0.812. The van der Waals surface area contributed by atoms with Crippen LogP contribution in [0.2, 0.25) is 0 Å². The van der Waals surface area contributed by atoms with Crippen molar-refractivity contribution in [2.45, 2.75) is 45.1 Å². The molecule has 6 nitrogen and oxygen atoms in total. The zero-order valence-corrected chi connectivity index (χ0v) is 14.1. The maximum Gasteiger partial charge on any atom is 0.304 e. The number of pyridine rings is 1. The Morgan fingerprint density at radius 2 is 2.12 bits per heavy atom. The average Bonchev–Trinajstić information content (AvgIpc) is 2.52. The second-order valence-electron chi connectivity index (χ2n) is 5.90. The summed E-state index contributed by atoms with van der Waals surface area (Å²) in [5, 5.41) is 2.99. The molecule has 0 bridgehead atoms. The van der Waals surface area contributed by atoms with E-state index in [0.29, 0.717) is 18.0 Å². The molecule has 0 unspecified atom stereocenters. The molecule has 1 saturated carbocycles. The first kappa shape index (κ1) is 17.3. The summed E-state index contributed by atoms with van der Waals surface area (Å²) < 4.78 is 38.6. The lowest BCUT2D eigenvalue weighted by atomic mass is 9.96. The summed E-state index contributed by atoms with van der Waals surface area (Å²) >= 11 is 0. The number of ether oxygens (including phenoxy) is 2. The Hall–Kier alpha value is -2.51. The minimum atomic E-state index is -3.17. The number of alkyl halides is 2. The Morgan fingerprint density at radius 1 is 1.32 bits per heavy atom. The van der Waals surface area contributed by atoms with Gasteiger partial charge in [-0.3, -0.25) is 4.98 Å². The first-order valence-corrected chi connectivity index (χ1v) is 8.23. The summed E-state index contributed by atoms with van der Waals surface area (Å²) in [4.78, 5) is 11.8. The van der Waals surface area contributed by atoms with Gasteiger partial charge in [0, 0.05) is 19.2 Å². The minimum absolute atomic E-state index is 0.0287. The number of halogens is 2. The van der Waals surface area contributed by atoms with Crippen LogP contribution in [0.5, 0.6) is 11.6 Å². The van der Waals surface area contributed by atoms with Gasteiger partial charge in [-0.1, -0.05) is 0 Å². The fourth-order valence-corrected chi connectivity index (χ4v) is 2.30. The second-order valence-corrected chi connectivity index (χ2v) is 5.90. The van der Waals surface area contributed by atoms with Crippen molar-refractivity contribution in [2.24, 2.45) is 0 Å². The summed E-state index contributed by atoms with van der Waals surface area (Å²) in [6.45, 7) is 3.07. The van der Waals surface area contributed by atoms with Gasteiger partial charge in [-0.05, 0) is 32.3 Å². The highest BCUT2D eigenvalue weighted by Crippen LogP contribution is 2.32. The van der Waals surface area contributed by atoms with Crippen molar-refractivity contribution in [3.05, 3.63) is 30.4 Å². The van der Waals surface area contributed by atoms with E-state index in [2.05, 4.69) is 20.3 Å². The molecule has 0 aromatic carbocycles. The van der Waals surface area contributed by atoms with Crippen LogP contribution < -0.4 is 14.8 Å². The lowest BCUT2D eigenvalue weighted by molar-refractivity contribution is 0.00625. The van der Waals surface area contributed by atoms with Crippen LogP contribution in [0.1, 0.15) is 38.9 Å². The van der Waals surface area contributed by atoms with Crippen molar-refractivity contribution in [1.29, 1.82) is 0 Å². The minimum Gasteiger partial charge on any atom is -0.490 e. The molecule has 3 rings (SSSR count). The lowest BCUT2D eigenvalue weighted by Crippen LogP contribution is -2.26. The van der Waals surface area contributed by atoms with Gasteiger partial charge < -0.3 is 14.8 Å². The zero-order valence-electron chi connectivity index (χ0n) is 14.1. The van der Waals surface area contributed by atoms with Crippen LogP contribution in [0.15, 0.2) is 24.5 Å². The predicted octanol–water partition coefficient (Wildman–Crippen LogP) is 4.06. The van der Waals surface area contributed by atoms with Crippen molar-refractivity contribution in [3.63, 3.8) is 0 Å². The van der Waals surface area contributed by atoms with E-state index in [1.807, 2.05) is 6.92 Å². The van der Waals surface area contributed by atoms with E-state index in [4.69, 9.17) is 9.47 Å². The van der Waals surface area contributed by atoms with E-state index in [1.165, 1.54) is 6.07 Å². The molecule has 0 saturated heterocycles. The molecule has 0 amide bonds. The molecule has 0 radical (unpaired) electrons. The van der Waals surface area contributed by atoms with Crippen molar-refractivity contribution in [1.82, 2.24) is 15.0 Å². The number of rotatable bonds is 7. The molecule has 0 aliphatic heterocycles. The van der Waals surface area contributed by atoms with Crippen molar-refractivity contribution < 1.29 is 18.3 Å². The Kier molecular flexibility index (Phi) is 4.96. The number of hydrogen-bond acceptors (Lipinski definition) is 6. The van der Waals surface area contributed by atoms with Gasteiger partial charge in [0.05, 0.1) is 18.5 Å². The molecule has 1 fully saturated rings. The van der Waals surface area contributed by atoms with Gasteiger partial charge in [-0.25, -0.2) is 4.98 Å². The molecule has 1 aliphatic carbocycles. The highest BCUT2D eigenvalue weighted by Gasteiger charge is 2.30. The maximum atomic E-state index is 13.7. The third-order valence-corrected chi connectivity index (χ3v) is 3.78. The Balaban J connectivity index is 1.90. The molecular weight excluding hydrogens is 330 g/mol. The van der Waals surface area contributed by atoms with Crippen LogP contribution in [0, 0.1) is 0 Å². The fourth-order valence-electron chi connectivity index (χ4n) is 2.30. The summed E-state index contributed by atoms with van der Waals surface area (Å²) in [5.41, 5.74) is 0.579. The predicted molar refractivity (Wildman–Crippen MR) is 88.6 cm³/mol. The molecule has 1 N–H and O–H groups in total. The molecule has 0 atom stereocenters. The third-order valence-electron chi connectivity index (χ3n) is 3.78. The number of anilines is 2. The molecule has 2 heterocycles. The molecular formula is C17H20F2N4O2. The average molecular weight is 350 g/mol. The monoisotopic (exact) mass is 350 g/mol. The van der Waals surface area contributed by atoms with Crippen molar-refractivity contribution in [3.8, 4) is 11.6 Å². The topological polar surface area (TPSA) is 69.2 Å². The SMILES string of the molecule is CCOc1cnccc1Nc1cc(OC2CCC2)nc(C(C)(F)F)n1. The van der Waals surface area contributed by atoms with Crippen LogP contribution in [-0.2, 0) is 5.92 Å². The first-order chi connectivity index (χ1) is 12.0. The van der Waals surface area contributed by atoms with Crippen LogP contribution in [-0.4, -0.2) is 27.7 Å². The van der Waals surface area contributed by atoms with Gasteiger partial charge in [0.15, 0.2) is 5.75 Å². The van der Waals surface area contributed by atoms with Gasteiger partial charge in [-0.15, -0.1) is 0 Å². The van der Waals surface area contributed by atoms with Gasteiger partial charge in [0.25, 0.3) is 0 Å². The Labute approximate surface area is 144 Å². The molecule has 0 spiro atoms. The summed E-state index contributed by atoms with van der Waals surface area (Å²) in [7, 11) is 0. The lowest BCUT2D eigenvalue weighted by Gasteiger charge is -2.26. The Bertz CT molecular complexity index is 733. The highest BCUT2D eigenvalue weighted by atomic mass is 19.3. The number of nitrogens with zero attached hydrogens (tertiary/aromatic N) is 3. The summed E-state index contributed by atoms with van der Waals surface area (Å²) in [6.07, 6.45) is 6.04. The number of hydrogen-bond donors (Lipinski definition) is 1. The largest absolute Gasteiger partial charge is 0.490 e. The van der Waals surface area contributed by atoms with E-state index in [0.717, 1.165) is 26.2 Å². The summed E-state index contributed by atoms with van der Waals surface area (Å²) in [6, 6.07) is 3.20. The first-order valence-electron chi connectivity index (χ1n) is 8.23. The van der Waals surface area contributed by atoms with Gasteiger partial charge in [0.2, 0.25) is 11.7 Å². The normalized spacial score (nSPS) is 14.7. The molecule has 25 heavy (non-hydrogen) atoms. The number of nitrogens with one attached hydrogen (secondary N) is 1. The molecule has 2 aromatic heterocycles. The summed E-state index contributed by atoms with van der Waals surface area (Å²) in [5.74, 6) is -2.89. The molecule has 134 valence electrons. The van der Waals surface area contributed by atoms with E-state index >= 15 is 0 Å². The van der Waals surface area contributed by atoms with E-state index in [1.54, 1.807) is 18.5 Å². The van der Waals surface area contributed by atoms with E-state index in [-0.39, 0.29) is 17.8 Å². The molecule has 8 heteroatoms. The van der Waals surface area contributed by atoms with Gasteiger partial charge in [-0.2, -0.15) is 13.8 Å². The van der Waals surface area contributed by atoms with E-state index < -0.39 is 11.7 Å². The van der Waals surface area contributed by atoms with Gasteiger partial charge in [0.1, 0.15) is 11.9 Å². The molecule has 2 aromatic rings. The van der Waals surface area contributed by atoms with Crippen LogP contribution in [0.25, 0.3) is 0 Å². The highest BCUT2D eigenvalue weighted by molar-refractivity contribution is 5.63. The van der Waals surface area contributed by atoms with Crippen molar-refractivity contribution in [2.75, 3.05) is 11.9 Å². The fraction of sp³-hybridized carbons (Fsp3) is 0.471. The zero-order chi connectivity index (χ0) is 17.9. The van der Waals surface area contributed by atoms with Crippen LogP contribution in [0.4, 0.5) is 20.3 Å². The van der Waals surface area contributed by atoms with Gasteiger partial charge >= 0.3 is 5.92 Å². The van der Waals surface area contributed by atoms with E-state index in [9.17, 15) is 8.78 Å². The standard InChI is InChI=1S/C17H20F2N4O2/c1-3-24-13-10-20-8-7-12(13)21-14-9-15(25-11-5-4-6-11)23-16(22-14)17(2,18)19/h7-11H,3-6H2,1-2H3,(H,20,21,22,23). The Morgan fingerprint density at radius 3 is 2.76 bits per heavy atom. The smallest absolute Gasteiger partial charge is 0.304 e. The molecule has 1 aliphatic rings. The second kappa shape index (κ2) is 7.16. The maximum absolute atomic E-state index is 13.7. The number of aromatic nitrogens is 3. The third kappa shape index (κ3) is 4.32. The van der Waals surface area contributed by atoms with Crippen LogP contribution in [0.3, 0.4) is 0 Å². The van der Waals surface area contributed by atoms with Crippen molar-refractivity contribution >= 4 is 11.5 Å².